The van der Waals surface area contributed by atoms with Gasteiger partial charge in [0.2, 0.25) is 11.8 Å². The van der Waals surface area contributed by atoms with Crippen molar-refractivity contribution in [2.45, 2.75) is 81.4 Å². The molecule has 11 nitrogen and oxygen atoms in total. The zero-order valence-electron chi connectivity index (χ0n) is 22.6. The van der Waals surface area contributed by atoms with E-state index in [0.717, 1.165) is 37.7 Å². The van der Waals surface area contributed by atoms with Crippen molar-refractivity contribution in [1.29, 1.82) is 0 Å². The van der Waals surface area contributed by atoms with Crippen molar-refractivity contribution in [3.05, 3.63) is 34.9 Å². The van der Waals surface area contributed by atoms with E-state index < -0.39 is 51.7 Å². The summed E-state index contributed by atoms with van der Waals surface area (Å²) in [5, 5.41) is 16.0. The SMILES string of the molecule is O=C1NCC[C@H]1C[C@H](NC(=O)[C@H](CC1CCCCC1)N1CC(Cc2cccc(Cl)c2)OC1=O)C(O)S(=O)(=O)[O-].[Na+]. The van der Waals surface area contributed by atoms with Crippen LogP contribution in [0.1, 0.15) is 56.9 Å². The summed E-state index contributed by atoms with van der Waals surface area (Å²) in [5.41, 5.74) is -1.57. The van der Waals surface area contributed by atoms with Crippen molar-refractivity contribution in [3.63, 3.8) is 0 Å². The number of halogens is 1. The molecule has 1 aromatic rings. The second-order valence-corrected chi connectivity index (χ2v) is 12.7. The fourth-order valence-electron chi connectivity index (χ4n) is 5.85. The molecule has 0 radical (unpaired) electrons. The fraction of sp³-hybridized carbons (Fsp3) is 0.654. The van der Waals surface area contributed by atoms with Crippen LogP contribution in [0.2, 0.25) is 5.02 Å². The molecule has 2 heterocycles. The number of benzene rings is 1. The second-order valence-electron chi connectivity index (χ2n) is 10.8. The van der Waals surface area contributed by atoms with E-state index in [-0.39, 0.29) is 54.3 Å². The predicted octanol–water partition coefficient (Wildman–Crippen LogP) is -1.08. The summed E-state index contributed by atoms with van der Waals surface area (Å²) in [6.45, 7) is 0.510. The van der Waals surface area contributed by atoms with Gasteiger partial charge in [-0.15, -0.1) is 0 Å². The van der Waals surface area contributed by atoms with Gasteiger partial charge in [0.25, 0.3) is 0 Å². The number of ether oxygens (including phenoxy) is 1. The van der Waals surface area contributed by atoms with Gasteiger partial charge in [-0.3, -0.25) is 14.5 Å². The van der Waals surface area contributed by atoms with Crippen molar-refractivity contribution < 1.29 is 66.8 Å². The molecule has 3 N–H and O–H groups in total. The van der Waals surface area contributed by atoms with Gasteiger partial charge in [0.15, 0.2) is 5.44 Å². The van der Waals surface area contributed by atoms with Gasteiger partial charge in [-0.25, -0.2) is 13.2 Å². The van der Waals surface area contributed by atoms with Gasteiger partial charge in [-0.1, -0.05) is 55.8 Å². The number of carbonyl (C=O) groups excluding carboxylic acids is 3. The molecule has 0 spiro atoms. The molecule has 216 valence electrons. The van der Waals surface area contributed by atoms with E-state index in [1.54, 1.807) is 18.2 Å². The Hall–Kier alpha value is -1.41. The molecule has 1 saturated carbocycles. The van der Waals surface area contributed by atoms with Gasteiger partial charge in [0, 0.05) is 23.9 Å². The van der Waals surface area contributed by atoms with Crippen LogP contribution in [0.25, 0.3) is 0 Å². The molecule has 1 aromatic carbocycles. The topological polar surface area (TPSA) is 165 Å². The van der Waals surface area contributed by atoms with Gasteiger partial charge in [0.1, 0.15) is 22.3 Å². The minimum absolute atomic E-state index is 0. The van der Waals surface area contributed by atoms with Crippen LogP contribution in [-0.4, -0.2) is 77.6 Å². The summed E-state index contributed by atoms with van der Waals surface area (Å²) in [5.74, 6) is -1.52. The summed E-state index contributed by atoms with van der Waals surface area (Å²) in [6.07, 6.45) is 4.59. The Morgan fingerprint density at radius 2 is 1.93 bits per heavy atom. The van der Waals surface area contributed by atoms with E-state index in [9.17, 15) is 32.5 Å². The first-order chi connectivity index (χ1) is 18.5. The molecule has 3 fully saturated rings. The monoisotopic (exact) mass is 607 g/mol. The molecule has 2 saturated heterocycles. The van der Waals surface area contributed by atoms with Crippen molar-refractivity contribution in [3.8, 4) is 0 Å². The molecule has 2 aliphatic heterocycles. The van der Waals surface area contributed by atoms with E-state index in [1.807, 2.05) is 6.07 Å². The van der Waals surface area contributed by atoms with E-state index >= 15 is 0 Å². The molecule has 0 aromatic heterocycles. The number of hydrogen-bond acceptors (Lipinski definition) is 8. The van der Waals surface area contributed by atoms with Gasteiger partial charge < -0.3 is 25.0 Å². The molecule has 14 heteroatoms. The zero-order valence-corrected chi connectivity index (χ0v) is 26.2. The van der Waals surface area contributed by atoms with Crippen LogP contribution in [0.5, 0.6) is 0 Å². The van der Waals surface area contributed by atoms with Crippen LogP contribution in [0.4, 0.5) is 4.79 Å². The Kier molecular flexibility index (Phi) is 12.1. The summed E-state index contributed by atoms with van der Waals surface area (Å²) in [6, 6.07) is 4.67. The molecular formula is C26H35ClN3NaO8S. The maximum Gasteiger partial charge on any atom is 1.00 e. The molecule has 1 aliphatic carbocycles. The molecule has 0 bridgehead atoms. The third kappa shape index (κ3) is 8.80. The first-order valence-electron chi connectivity index (χ1n) is 13.4. The van der Waals surface area contributed by atoms with Gasteiger partial charge in [0.05, 0.1) is 12.6 Å². The van der Waals surface area contributed by atoms with Gasteiger partial charge in [-0.2, -0.15) is 0 Å². The average molecular weight is 608 g/mol. The maximum atomic E-state index is 13.7. The third-order valence-electron chi connectivity index (χ3n) is 7.88. The van der Waals surface area contributed by atoms with Crippen LogP contribution >= 0.6 is 11.6 Å². The second kappa shape index (κ2) is 14.7. The minimum atomic E-state index is -5.19. The van der Waals surface area contributed by atoms with Crippen molar-refractivity contribution >= 4 is 39.6 Å². The van der Waals surface area contributed by atoms with Gasteiger partial charge in [-0.05, 0) is 42.9 Å². The maximum absolute atomic E-state index is 13.7. The molecule has 3 amide bonds. The largest absolute Gasteiger partial charge is 1.00 e. The van der Waals surface area contributed by atoms with Crippen LogP contribution in [-0.2, 0) is 30.9 Å². The number of aliphatic hydroxyl groups is 1. The number of hydrogen-bond donors (Lipinski definition) is 3. The van der Waals surface area contributed by atoms with Crippen LogP contribution < -0.4 is 40.2 Å². The third-order valence-corrected chi connectivity index (χ3v) is 9.04. The number of rotatable bonds is 11. The average Bonchev–Trinajstić information content (AvgIpc) is 3.45. The molecule has 2 unspecified atom stereocenters. The number of cyclic esters (lactones) is 1. The molecule has 3 aliphatic rings. The molecule has 4 rings (SSSR count). The zero-order chi connectivity index (χ0) is 28.2. The fourth-order valence-corrected chi connectivity index (χ4v) is 6.64. The Bertz CT molecular complexity index is 1170. The molecular weight excluding hydrogens is 573 g/mol. The first-order valence-corrected chi connectivity index (χ1v) is 15.3. The van der Waals surface area contributed by atoms with E-state index in [4.69, 9.17) is 16.3 Å². The standard InChI is InChI=1S/C26H36ClN3O8S.Na/c27-19-8-4-7-17(11-19)12-20-15-30(26(34)38-20)22(13-16-5-2-1-3-6-16)24(32)29-21(25(33)39(35,36)37)14-18-9-10-28-23(18)31;/h4,7-8,11,16,18,20-22,25,33H,1-3,5-6,9-10,12-15H2,(H,28,31)(H,29,32)(H,35,36,37);/q;+1/p-1/t18-,20?,21-,22-,25?;/m0./s1. The summed E-state index contributed by atoms with van der Waals surface area (Å²) >= 11 is 6.08. The molecule has 5 atom stereocenters. The Balaban J connectivity index is 0.00000441. The summed E-state index contributed by atoms with van der Waals surface area (Å²) < 4.78 is 40.7. The number of nitrogens with one attached hydrogen (secondary N) is 2. The first kappa shape index (κ1) is 33.1. The van der Waals surface area contributed by atoms with Crippen LogP contribution in [0.15, 0.2) is 24.3 Å². The van der Waals surface area contributed by atoms with Crippen molar-refractivity contribution in [2.75, 3.05) is 13.1 Å². The number of nitrogens with zero attached hydrogens (tertiary/aromatic N) is 1. The van der Waals surface area contributed by atoms with Crippen molar-refractivity contribution in [2.24, 2.45) is 11.8 Å². The minimum Gasteiger partial charge on any atom is -0.746 e. The van der Waals surface area contributed by atoms with E-state index in [0.29, 0.717) is 30.8 Å². The van der Waals surface area contributed by atoms with Gasteiger partial charge >= 0.3 is 35.7 Å². The van der Waals surface area contributed by atoms with Crippen molar-refractivity contribution in [1.82, 2.24) is 15.5 Å². The molecule has 40 heavy (non-hydrogen) atoms. The predicted molar refractivity (Wildman–Crippen MR) is 140 cm³/mol. The number of aliphatic hydroxyl groups excluding tert-OH is 1. The van der Waals surface area contributed by atoms with E-state index in [1.165, 1.54) is 4.90 Å². The summed E-state index contributed by atoms with van der Waals surface area (Å²) in [4.78, 5) is 40.1. The normalized spacial score (nSPS) is 24.0. The Morgan fingerprint density at radius 3 is 2.55 bits per heavy atom. The van der Waals surface area contributed by atoms with Crippen LogP contribution in [0, 0.1) is 11.8 Å². The van der Waals surface area contributed by atoms with E-state index in [2.05, 4.69) is 10.6 Å². The smallest absolute Gasteiger partial charge is 0.746 e. The quantitative estimate of drug-likeness (QED) is 0.211. The Labute approximate surface area is 261 Å². The Morgan fingerprint density at radius 1 is 1.20 bits per heavy atom. The number of carbonyl (C=O) groups is 3. The summed E-state index contributed by atoms with van der Waals surface area (Å²) in [7, 11) is -5.19. The number of amides is 3. The van der Waals surface area contributed by atoms with Crippen LogP contribution in [0.3, 0.4) is 0 Å².